The first-order valence-corrected chi connectivity index (χ1v) is 9.79. The highest BCUT2D eigenvalue weighted by atomic mass is 32.1. The number of amidine groups is 1. The molecule has 4 rings (SSSR count). The molecule has 1 aliphatic carbocycles. The van der Waals surface area contributed by atoms with Gasteiger partial charge in [0.25, 0.3) is 0 Å². The number of aromatic amines is 1. The summed E-state index contributed by atoms with van der Waals surface area (Å²) in [4.78, 5) is 9.07. The van der Waals surface area contributed by atoms with Gasteiger partial charge in [-0.2, -0.15) is 0 Å². The second kappa shape index (κ2) is 7.02. The van der Waals surface area contributed by atoms with E-state index in [9.17, 15) is 0 Å². The summed E-state index contributed by atoms with van der Waals surface area (Å²) in [6.07, 6.45) is 7.21. The van der Waals surface area contributed by atoms with Crippen LogP contribution >= 0.6 is 11.3 Å². The minimum atomic E-state index is 0.583. The Balaban J connectivity index is 1.67. The summed E-state index contributed by atoms with van der Waals surface area (Å²) in [6, 6.07) is 10.9. The number of aromatic nitrogens is 1. The van der Waals surface area contributed by atoms with Crippen molar-refractivity contribution in [1.82, 2.24) is 10.3 Å². The fourth-order valence-electron chi connectivity index (χ4n) is 3.89. The zero-order chi connectivity index (χ0) is 17.2. The highest BCUT2D eigenvalue weighted by Gasteiger charge is 2.24. The fourth-order valence-corrected chi connectivity index (χ4v) is 4.52. The Morgan fingerprint density at radius 1 is 1.32 bits per heavy atom. The molecule has 4 nitrogen and oxygen atoms in total. The molecule has 0 radical (unpaired) electrons. The van der Waals surface area contributed by atoms with Gasteiger partial charge < -0.3 is 16.0 Å². The molecule has 0 spiro atoms. The molecule has 1 aromatic carbocycles. The number of hydrogen-bond acceptors (Lipinski definition) is 3. The van der Waals surface area contributed by atoms with Gasteiger partial charge in [0.15, 0.2) is 0 Å². The molecule has 130 valence electrons. The van der Waals surface area contributed by atoms with E-state index in [4.69, 9.17) is 5.73 Å². The van der Waals surface area contributed by atoms with Crippen LogP contribution in [0.3, 0.4) is 0 Å². The van der Waals surface area contributed by atoms with Crippen LogP contribution in [0.1, 0.15) is 42.0 Å². The van der Waals surface area contributed by atoms with Crippen LogP contribution in [0, 0.1) is 0 Å². The normalized spacial score (nSPS) is 21.7. The van der Waals surface area contributed by atoms with Gasteiger partial charge in [-0.3, -0.25) is 0 Å². The summed E-state index contributed by atoms with van der Waals surface area (Å²) in [7, 11) is 2.07. The van der Waals surface area contributed by atoms with E-state index in [1.165, 1.54) is 42.1 Å². The number of hydrogen-bond donors (Lipinski definition) is 3. The number of H-pyrrole nitrogens is 1. The molecule has 2 atom stereocenters. The van der Waals surface area contributed by atoms with Crippen molar-refractivity contribution in [3.63, 3.8) is 0 Å². The molecule has 0 amide bonds. The van der Waals surface area contributed by atoms with Crippen LogP contribution in [0.2, 0.25) is 0 Å². The maximum absolute atomic E-state index is 6.15. The number of aliphatic imine (C=N–C) groups is 1. The first-order chi connectivity index (χ1) is 12.2. The maximum Gasteiger partial charge on any atom is 0.141 e. The highest BCUT2D eigenvalue weighted by molar-refractivity contribution is 7.12. The van der Waals surface area contributed by atoms with Crippen LogP contribution in [-0.4, -0.2) is 23.9 Å². The summed E-state index contributed by atoms with van der Waals surface area (Å²) in [6.45, 7) is 0. The number of nitrogens with one attached hydrogen (secondary N) is 2. The molecule has 4 N–H and O–H groups in total. The average molecular weight is 353 g/mol. The van der Waals surface area contributed by atoms with Gasteiger partial charge in [-0.1, -0.05) is 12.5 Å². The topological polar surface area (TPSA) is 66.2 Å². The molecule has 1 fully saturated rings. The number of benzene rings is 1. The Labute approximate surface area is 152 Å². The summed E-state index contributed by atoms with van der Waals surface area (Å²) in [5.41, 5.74) is 9.66. The van der Waals surface area contributed by atoms with Gasteiger partial charge in [-0.25, -0.2) is 4.99 Å². The van der Waals surface area contributed by atoms with Crippen molar-refractivity contribution < 1.29 is 0 Å². The van der Waals surface area contributed by atoms with Gasteiger partial charge in [0.1, 0.15) is 5.84 Å². The molecular weight excluding hydrogens is 328 g/mol. The summed E-state index contributed by atoms with van der Waals surface area (Å²) >= 11 is 1.62. The first-order valence-electron chi connectivity index (χ1n) is 8.91. The molecule has 25 heavy (non-hydrogen) atoms. The minimum absolute atomic E-state index is 0.583. The predicted molar refractivity (Wildman–Crippen MR) is 107 cm³/mol. The smallest absolute Gasteiger partial charge is 0.141 e. The van der Waals surface area contributed by atoms with Crippen molar-refractivity contribution in [3.8, 4) is 0 Å². The molecule has 3 aromatic rings. The van der Waals surface area contributed by atoms with Crippen molar-refractivity contribution in [1.29, 1.82) is 0 Å². The van der Waals surface area contributed by atoms with Crippen molar-refractivity contribution in [2.24, 2.45) is 10.7 Å². The Bertz CT molecular complexity index is 878. The number of fused-ring (bicyclic) bond motifs is 1. The summed E-state index contributed by atoms with van der Waals surface area (Å²) in [5.74, 6) is 1.19. The Hall–Kier alpha value is -2.11. The largest absolute Gasteiger partial charge is 0.383 e. The van der Waals surface area contributed by atoms with E-state index in [0.717, 1.165) is 10.6 Å². The van der Waals surface area contributed by atoms with Gasteiger partial charge >= 0.3 is 0 Å². The summed E-state index contributed by atoms with van der Waals surface area (Å²) < 4.78 is 0. The van der Waals surface area contributed by atoms with Gasteiger partial charge in [0.2, 0.25) is 0 Å². The molecular formula is C20H24N4S. The predicted octanol–water partition coefficient (Wildman–Crippen LogP) is 4.51. The zero-order valence-electron chi connectivity index (χ0n) is 14.5. The van der Waals surface area contributed by atoms with E-state index in [1.54, 1.807) is 11.3 Å². The van der Waals surface area contributed by atoms with Crippen LogP contribution < -0.4 is 11.1 Å². The third-order valence-corrected chi connectivity index (χ3v) is 6.14. The van der Waals surface area contributed by atoms with E-state index in [2.05, 4.69) is 40.7 Å². The maximum atomic E-state index is 6.15. The third-order valence-electron chi connectivity index (χ3n) is 5.24. The Kier molecular flexibility index (Phi) is 4.59. The fraction of sp³-hybridized carbons (Fsp3) is 0.350. The molecule has 0 bridgehead atoms. The van der Waals surface area contributed by atoms with Crippen molar-refractivity contribution >= 4 is 33.8 Å². The van der Waals surface area contributed by atoms with Crippen molar-refractivity contribution in [2.75, 3.05) is 7.05 Å². The van der Waals surface area contributed by atoms with Gasteiger partial charge in [0, 0.05) is 23.1 Å². The Morgan fingerprint density at radius 2 is 2.24 bits per heavy atom. The van der Waals surface area contributed by atoms with Crippen LogP contribution in [0.5, 0.6) is 0 Å². The van der Waals surface area contributed by atoms with Gasteiger partial charge in [-0.15, -0.1) is 11.3 Å². The first kappa shape index (κ1) is 16.4. The van der Waals surface area contributed by atoms with Crippen LogP contribution in [0.4, 0.5) is 5.69 Å². The number of rotatable bonds is 4. The Morgan fingerprint density at radius 3 is 3.04 bits per heavy atom. The SMILES string of the molecule is CN[C@@H]1CCC[C@H](c2c[nH]c3ccc(N=C(N)c4cccs4)cc23)C1. The second-order valence-corrected chi connectivity index (χ2v) is 7.75. The number of thiophene rings is 1. The quantitative estimate of drug-likeness (QED) is 0.478. The highest BCUT2D eigenvalue weighted by Crippen LogP contribution is 2.37. The van der Waals surface area contributed by atoms with E-state index in [0.29, 0.717) is 17.8 Å². The average Bonchev–Trinajstić information content (AvgIpc) is 3.31. The van der Waals surface area contributed by atoms with Crippen LogP contribution in [0.15, 0.2) is 46.9 Å². The lowest BCUT2D eigenvalue weighted by Crippen LogP contribution is -2.30. The van der Waals surface area contributed by atoms with Gasteiger partial charge in [0.05, 0.1) is 10.6 Å². The molecule has 5 heteroatoms. The van der Waals surface area contributed by atoms with Crippen molar-refractivity contribution in [3.05, 3.63) is 52.3 Å². The van der Waals surface area contributed by atoms with Crippen molar-refractivity contribution in [2.45, 2.75) is 37.6 Å². The minimum Gasteiger partial charge on any atom is -0.383 e. The summed E-state index contributed by atoms with van der Waals surface area (Å²) in [5, 5.41) is 6.75. The number of nitrogens with zero attached hydrogens (tertiary/aromatic N) is 1. The van der Waals surface area contributed by atoms with E-state index in [1.807, 2.05) is 23.6 Å². The third kappa shape index (κ3) is 3.34. The molecule has 0 saturated heterocycles. The van der Waals surface area contributed by atoms with Crippen LogP contribution in [0.25, 0.3) is 10.9 Å². The molecule has 2 aromatic heterocycles. The van der Waals surface area contributed by atoms with Gasteiger partial charge in [-0.05, 0) is 67.4 Å². The molecule has 1 saturated carbocycles. The van der Waals surface area contributed by atoms with Crippen LogP contribution in [-0.2, 0) is 0 Å². The monoisotopic (exact) mass is 352 g/mol. The van der Waals surface area contributed by atoms with E-state index >= 15 is 0 Å². The molecule has 0 aliphatic heterocycles. The lowest BCUT2D eigenvalue weighted by atomic mass is 9.81. The molecule has 0 unspecified atom stereocenters. The van der Waals surface area contributed by atoms with E-state index in [-0.39, 0.29) is 0 Å². The van der Waals surface area contributed by atoms with E-state index < -0.39 is 0 Å². The molecule has 1 aliphatic rings. The lowest BCUT2D eigenvalue weighted by Gasteiger charge is -2.28. The lowest BCUT2D eigenvalue weighted by molar-refractivity contribution is 0.356. The number of nitrogens with two attached hydrogens (primary N) is 1. The molecule has 2 heterocycles. The second-order valence-electron chi connectivity index (χ2n) is 6.80. The standard InChI is InChI=1S/C20H24N4S/c1-22-14-5-2-4-13(10-14)17-12-23-18-8-7-15(11-16(17)18)24-20(21)19-6-3-9-25-19/h3,6-9,11-14,22-23H,2,4-5,10H2,1H3,(H2,21,24)/t13-,14+/m0/s1. The zero-order valence-corrected chi connectivity index (χ0v) is 15.3.